The number of ether oxygens (including phenoxy) is 1. The fourth-order valence-electron chi connectivity index (χ4n) is 5.59. The van der Waals surface area contributed by atoms with Crippen molar-refractivity contribution in [3.05, 3.63) is 36.0 Å². The predicted octanol–water partition coefficient (Wildman–Crippen LogP) is 3.67. The molecule has 1 saturated heterocycles. The molecule has 2 rings (SSSR count). The fourth-order valence-corrected chi connectivity index (χ4v) is 5.59. The number of nitrogens with zero attached hydrogens (tertiary/aromatic N) is 2. The van der Waals surface area contributed by atoms with Crippen LogP contribution < -0.4 is 5.32 Å². The number of aldehydes is 2. The van der Waals surface area contributed by atoms with Crippen molar-refractivity contribution in [1.29, 1.82) is 0 Å². The highest BCUT2D eigenvalue weighted by Gasteiger charge is 2.35. The molecular weight excluding hydrogens is 562 g/mol. The molecule has 1 aliphatic carbocycles. The van der Waals surface area contributed by atoms with Crippen LogP contribution in [0.5, 0.6) is 0 Å². The predicted molar refractivity (Wildman–Crippen MR) is 171 cm³/mol. The van der Waals surface area contributed by atoms with E-state index in [1.807, 2.05) is 46.0 Å². The smallest absolute Gasteiger partial charge is 0.410 e. The van der Waals surface area contributed by atoms with Crippen molar-refractivity contribution in [2.45, 2.75) is 90.4 Å². The van der Waals surface area contributed by atoms with Gasteiger partial charge in [-0.3, -0.25) is 4.79 Å². The Morgan fingerprint density at radius 1 is 1.07 bits per heavy atom. The molecule has 6 atom stereocenters. The quantitative estimate of drug-likeness (QED) is 0.128. The van der Waals surface area contributed by atoms with Gasteiger partial charge in [-0.2, -0.15) is 0 Å². The molecule has 0 unspecified atom stereocenters. The first-order valence-corrected chi connectivity index (χ1v) is 16.1. The van der Waals surface area contributed by atoms with Gasteiger partial charge in [-0.05, 0) is 64.5 Å². The Bertz CT molecular complexity index is 1010. The van der Waals surface area contributed by atoms with Crippen LogP contribution in [0, 0.1) is 23.7 Å². The highest BCUT2D eigenvalue weighted by atomic mass is 16.6. The Hall–Kier alpha value is -2.82. The molecule has 0 aromatic heterocycles. The van der Waals surface area contributed by atoms with E-state index in [0.29, 0.717) is 25.9 Å². The molecule has 10 nitrogen and oxygen atoms in total. The number of piperazine rings is 1. The third kappa shape index (κ3) is 12.7. The second-order valence-electron chi connectivity index (χ2n) is 13.0. The van der Waals surface area contributed by atoms with E-state index < -0.39 is 29.8 Å². The van der Waals surface area contributed by atoms with Crippen molar-refractivity contribution in [1.82, 2.24) is 15.1 Å². The molecule has 1 aliphatic heterocycles. The minimum absolute atomic E-state index is 0.0380. The van der Waals surface area contributed by atoms with Crippen LogP contribution in [-0.4, -0.2) is 102 Å². The topological polar surface area (TPSA) is 136 Å². The standard InChI is InChI=1S/C34H55N3O7/c1-25(23-35-32(41)28-11-6-7-12-28)9-8-10-26(2)30(24-39)27(3)13-14-31(34(4,43)17-15-29(40)16-22-38)44-33(42)37-20-18-36(5)19-21-37/h8-10,13-14,22,24-25,27-31,40,43H,6-7,11-12,15-21,23H2,1-5H3,(H,35,41)/b9-8+,14-13+,26-10+/t25-,27+,29+,30-,31+,34+/m1/s1. The normalized spacial score (nSPS) is 21.9. The Morgan fingerprint density at radius 2 is 1.73 bits per heavy atom. The molecule has 1 heterocycles. The van der Waals surface area contributed by atoms with Crippen molar-refractivity contribution in [2.75, 3.05) is 39.8 Å². The van der Waals surface area contributed by atoms with E-state index in [0.717, 1.165) is 50.6 Å². The molecule has 2 fully saturated rings. The van der Waals surface area contributed by atoms with Crippen molar-refractivity contribution < 1.29 is 34.1 Å². The largest absolute Gasteiger partial charge is 0.439 e. The van der Waals surface area contributed by atoms with Crippen molar-refractivity contribution in [2.24, 2.45) is 23.7 Å². The van der Waals surface area contributed by atoms with Gasteiger partial charge in [0.15, 0.2) is 6.10 Å². The zero-order valence-electron chi connectivity index (χ0n) is 27.3. The molecule has 2 amide bonds. The summed E-state index contributed by atoms with van der Waals surface area (Å²) in [5, 5.41) is 24.4. The van der Waals surface area contributed by atoms with Gasteiger partial charge in [0, 0.05) is 51.0 Å². The second kappa shape index (κ2) is 18.9. The summed E-state index contributed by atoms with van der Waals surface area (Å²) in [6.45, 7) is 10.4. The highest BCUT2D eigenvalue weighted by Crippen LogP contribution is 2.27. The summed E-state index contributed by atoms with van der Waals surface area (Å²) in [6, 6.07) is 0. The Morgan fingerprint density at radius 3 is 2.34 bits per heavy atom. The molecule has 10 heteroatoms. The van der Waals surface area contributed by atoms with Gasteiger partial charge in [-0.25, -0.2) is 4.79 Å². The van der Waals surface area contributed by atoms with E-state index in [-0.39, 0.29) is 42.9 Å². The number of carbonyl (C=O) groups excluding carboxylic acids is 4. The summed E-state index contributed by atoms with van der Waals surface area (Å²) in [4.78, 5) is 51.9. The molecular formula is C34H55N3O7. The third-order valence-corrected chi connectivity index (χ3v) is 8.91. The van der Waals surface area contributed by atoms with Crippen LogP contribution in [0.3, 0.4) is 0 Å². The van der Waals surface area contributed by atoms with E-state index in [2.05, 4.69) is 10.2 Å². The van der Waals surface area contributed by atoms with Gasteiger partial charge >= 0.3 is 6.09 Å². The van der Waals surface area contributed by atoms with Gasteiger partial charge < -0.3 is 39.7 Å². The molecule has 0 spiro atoms. The van der Waals surface area contributed by atoms with Gasteiger partial charge in [-0.15, -0.1) is 0 Å². The van der Waals surface area contributed by atoms with Crippen LogP contribution in [0.1, 0.15) is 72.6 Å². The van der Waals surface area contributed by atoms with E-state index >= 15 is 0 Å². The minimum Gasteiger partial charge on any atom is -0.439 e. The molecule has 3 N–H and O–H groups in total. The van der Waals surface area contributed by atoms with Crippen LogP contribution in [-0.2, 0) is 19.1 Å². The molecule has 0 aromatic carbocycles. The third-order valence-electron chi connectivity index (χ3n) is 8.91. The molecule has 1 saturated carbocycles. The maximum atomic E-state index is 13.0. The molecule has 0 aromatic rings. The SMILES string of the molecule is C/C(=C\C=C\[C@@H](C)CNC(=O)C1CCCC1)[C@@H](C=O)[C@@H](C)/C=C/[C@H](OC(=O)N1CCN(C)CC1)[C@@](C)(O)CC[C@H](O)CC=O. The zero-order valence-corrected chi connectivity index (χ0v) is 27.3. The van der Waals surface area contributed by atoms with Gasteiger partial charge in [-0.1, -0.05) is 56.6 Å². The van der Waals surface area contributed by atoms with Crippen LogP contribution in [0.2, 0.25) is 0 Å². The number of aliphatic hydroxyl groups excluding tert-OH is 1. The number of carbonyl (C=O) groups is 4. The Labute approximate surface area is 263 Å². The van der Waals surface area contributed by atoms with Crippen LogP contribution in [0.15, 0.2) is 36.0 Å². The first-order valence-electron chi connectivity index (χ1n) is 16.1. The fraction of sp³-hybridized carbons (Fsp3) is 0.706. The number of likely N-dealkylation sites (N-methyl/N-ethyl adjacent to an activating group) is 1. The molecule has 0 radical (unpaired) electrons. The lowest BCUT2D eigenvalue weighted by Gasteiger charge is -2.36. The van der Waals surface area contributed by atoms with Gasteiger partial charge in [0.1, 0.15) is 18.2 Å². The molecule has 44 heavy (non-hydrogen) atoms. The first-order chi connectivity index (χ1) is 20.9. The van der Waals surface area contributed by atoms with E-state index in [9.17, 15) is 29.4 Å². The number of amides is 2. The van der Waals surface area contributed by atoms with Crippen molar-refractivity contribution in [3.63, 3.8) is 0 Å². The second-order valence-corrected chi connectivity index (χ2v) is 13.0. The molecule has 2 aliphatic rings. The number of hydrogen-bond acceptors (Lipinski definition) is 8. The monoisotopic (exact) mass is 617 g/mol. The van der Waals surface area contributed by atoms with Crippen LogP contribution in [0.4, 0.5) is 4.79 Å². The van der Waals surface area contributed by atoms with Gasteiger partial charge in [0.25, 0.3) is 0 Å². The lowest BCUT2D eigenvalue weighted by Crippen LogP contribution is -2.50. The maximum absolute atomic E-state index is 13.0. The summed E-state index contributed by atoms with van der Waals surface area (Å²) >= 11 is 0. The van der Waals surface area contributed by atoms with Gasteiger partial charge in [0.05, 0.1) is 6.10 Å². The number of nitrogens with one attached hydrogen (secondary N) is 1. The summed E-state index contributed by atoms with van der Waals surface area (Å²) in [5.41, 5.74) is -0.666. The maximum Gasteiger partial charge on any atom is 0.410 e. The molecule has 0 bridgehead atoms. The number of aliphatic hydroxyl groups is 2. The van der Waals surface area contributed by atoms with E-state index in [1.54, 1.807) is 24.0 Å². The number of rotatable bonds is 17. The number of allylic oxidation sites excluding steroid dienone is 4. The van der Waals surface area contributed by atoms with E-state index in [1.165, 1.54) is 0 Å². The van der Waals surface area contributed by atoms with Crippen molar-refractivity contribution >= 4 is 24.6 Å². The lowest BCUT2D eigenvalue weighted by molar-refractivity contribution is -0.124. The average Bonchev–Trinajstić information content (AvgIpc) is 3.53. The van der Waals surface area contributed by atoms with E-state index in [4.69, 9.17) is 4.74 Å². The average molecular weight is 618 g/mol. The summed E-state index contributed by atoms with van der Waals surface area (Å²) in [7, 11) is 1.98. The molecule has 248 valence electrons. The summed E-state index contributed by atoms with van der Waals surface area (Å²) in [6.07, 6.45) is 12.7. The van der Waals surface area contributed by atoms with Gasteiger partial charge in [0.2, 0.25) is 5.91 Å². The summed E-state index contributed by atoms with van der Waals surface area (Å²) in [5.74, 6) is -0.286. The lowest BCUT2D eigenvalue weighted by atomic mass is 9.86. The number of hydrogen-bond donors (Lipinski definition) is 3. The van der Waals surface area contributed by atoms with Crippen molar-refractivity contribution in [3.8, 4) is 0 Å². The van der Waals surface area contributed by atoms with Crippen LogP contribution in [0.25, 0.3) is 0 Å². The highest BCUT2D eigenvalue weighted by molar-refractivity contribution is 5.78. The Balaban J connectivity index is 2.06. The zero-order chi connectivity index (χ0) is 32.7. The summed E-state index contributed by atoms with van der Waals surface area (Å²) < 4.78 is 5.81. The first kappa shape index (κ1) is 37.4. The Kier molecular flexibility index (Phi) is 16.0. The van der Waals surface area contributed by atoms with Crippen LogP contribution >= 0.6 is 0 Å². The minimum atomic E-state index is -1.52.